The second-order valence-electron chi connectivity index (χ2n) is 5.00. The Labute approximate surface area is 127 Å². The molecule has 0 spiro atoms. The van der Waals surface area contributed by atoms with Gasteiger partial charge in [0.2, 0.25) is 0 Å². The molecule has 0 amide bonds. The van der Waals surface area contributed by atoms with Crippen molar-refractivity contribution in [3.63, 3.8) is 0 Å². The molecule has 3 nitrogen and oxygen atoms in total. The van der Waals surface area contributed by atoms with Gasteiger partial charge in [0.05, 0.1) is 14.2 Å². The minimum absolute atomic E-state index is 0.272. The molecule has 0 saturated carbocycles. The number of thioether (sulfide) groups is 1. The van der Waals surface area contributed by atoms with E-state index in [1.165, 1.54) is 12.2 Å². The fraction of sp³-hybridized carbons (Fsp3) is 0.625. The maximum absolute atomic E-state index is 5.47. The van der Waals surface area contributed by atoms with Crippen LogP contribution in [0, 0.1) is 5.92 Å². The van der Waals surface area contributed by atoms with Gasteiger partial charge in [-0.25, -0.2) is 0 Å². The first-order valence-corrected chi connectivity index (χ1v) is 8.28. The molecule has 0 saturated heterocycles. The van der Waals surface area contributed by atoms with Gasteiger partial charge < -0.3 is 14.8 Å². The molecular weight excluding hydrogens is 270 g/mol. The summed E-state index contributed by atoms with van der Waals surface area (Å²) in [5.74, 6) is 4.78. The van der Waals surface area contributed by atoms with Gasteiger partial charge in [-0.2, -0.15) is 11.8 Å². The fourth-order valence-corrected chi connectivity index (χ4v) is 3.30. The van der Waals surface area contributed by atoms with E-state index in [0.717, 1.165) is 28.7 Å². The van der Waals surface area contributed by atoms with Gasteiger partial charge in [0, 0.05) is 17.4 Å². The van der Waals surface area contributed by atoms with Crippen LogP contribution in [0.4, 0.5) is 0 Å². The van der Waals surface area contributed by atoms with Crippen LogP contribution < -0.4 is 14.8 Å². The predicted molar refractivity (Wildman–Crippen MR) is 88.1 cm³/mol. The molecule has 1 rings (SSSR count). The fourth-order valence-electron chi connectivity index (χ4n) is 1.95. The third kappa shape index (κ3) is 4.91. The van der Waals surface area contributed by atoms with Crippen LogP contribution in [0.25, 0.3) is 0 Å². The first kappa shape index (κ1) is 17.2. The average molecular weight is 297 g/mol. The van der Waals surface area contributed by atoms with Gasteiger partial charge in [0.25, 0.3) is 0 Å². The van der Waals surface area contributed by atoms with Crippen LogP contribution in [0.15, 0.2) is 18.2 Å². The molecule has 2 atom stereocenters. The van der Waals surface area contributed by atoms with E-state index in [0.29, 0.717) is 0 Å². The Balaban J connectivity index is 2.77. The molecule has 1 aromatic carbocycles. The van der Waals surface area contributed by atoms with Crippen LogP contribution in [0.3, 0.4) is 0 Å². The summed E-state index contributed by atoms with van der Waals surface area (Å²) < 4.78 is 10.8. The van der Waals surface area contributed by atoms with Gasteiger partial charge >= 0.3 is 0 Å². The third-order valence-electron chi connectivity index (χ3n) is 3.54. The smallest absolute Gasteiger partial charge is 0.123 e. The van der Waals surface area contributed by atoms with E-state index in [4.69, 9.17) is 9.47 Å². The molecule has 4 heteroatoms. The molecule has 2 unspecified atom stereocenters. The highest BCUT2D eigenvalue weighted by atomic mass is 32.2. The molecule has 0 bridgehead atoms. The van der Waals surface area contributed by atoms with Crippen LogP contribution in [0.1, 0.15) is 31.9 Å². The summed E-state index contributed by atoms with van der Waals surface area (Å²) in [6, 6.07) is 6.23. The van der Waals surface area contributed by atoms with Crippen LogP contribution in [-0.2, 0) is 0 Å². The van der Waals surface area contributed by atoms with E-state index in [2.05, 4.69) is 25.2 Å². The van der Waals surface area contributed by atoms with E-state index in [1.54, 1.807) is 14.2 Å². The Kier molecular flexibility index (Phi) is 7.85. The molecular formula is C16H27NO2S. The van der Waals surface area contributed by atoms with Gasteiger partial charge in [-0.05, 0) is 36.9 Å². The zero-order valence-corrected chi connectivity index (χ0v) is 14.0. The molecule has 0 aromatic heterocycles. The molecule has 0 fully saturated rings. The normalized spacial score (nSPS) is 13.8. The van der Waals surface area contributed by atoms with Crippen molar-refractivity contribution < 1.29 is 9.47 Å². The molecule has 0 aliphatic rings. The van der Waals surface area contributed by atoms with Crippen molar-refractivity contribution in [1.82, 2.24) is 5.32 Å². The lowest BCUT2D eigenvalue weighted by Crippen LogP contribution is -2.20. The number of ether oxygens (including phenoxy) is 2. The zero-order chi connectivity index (χ0) is 15.0. The van der Waals surface area contributed by atoms with Crippen molar-refractivity contribution in [2.24, 2.45) is 5.92 Å². The topological polar surface area (TPSA) is 30.5 Å². The SMILES string of the molecule is CCC(C)CSCC(NC)c1cc(OC)ccc1OC. The van der Waals surface area contributed by atoms with Crippen LogP contribution in [0.5, 0.6) is 11.5 Å². The lowest BCUT2D eigenvalue weighted by molar-refractivity contribution is 0.394. The van der Waals surface area contributed by atoms with Gasteiger partial charge in [0.1, 0.15) is 11.5 Å². The minimum atomic E-state index is 0.272. The van der Waals surface area contributed by atoms with Gasteiger partial charge in [-0.3, -0.25) is 0 Å². The van der Waals surface area contributed by atoms with Crippen LogP contribution in [-0.4, -0.2) is 32.8 Å². The predicted octanol–water partition coefficient (Wildman–Crippen LogP) is 3.74. The maximum Gasteiger partial charge on any atom is 0.123 e. The highest BCUT2D eigenvalue weighted by Gasteiger charge is 2.16. The van der Waals surface area contributed by atoms with E-state index in [1.807, 2.05) is 30.9 Å². The van der Waals surface area contributed by atoms with Crippen molar-refractivity contribution in [3.8, 4) is 11.5 Å². The molecule has 1 aromatic rings. The number of hydrogen-bond donors (Lipinski definition) is 1. The number of nitrogens with one attached hydrogen (secondary N) is 1. The van der Waals surface area contributed by atoms with Crippen molar-refractivity contribution in [3.05, 3.63) is 23.8 Å². The molecule has 114 valence electrons. The van der Waals surface area contributed by atoms with Gasteiger partial charge in [-0.15, -0.1) is 0 Å². The summed E-state index contributed by atoms with van der Waals surface area (Å²) in [6.07, 6.45) is 1.24. The second kappa shape index (κ2) is 9.14. The highest BCUT2D eigenvalue weighted by Crippen LogP contribution is 2.31. The van der Waals surface area contributed by atoms with Crippen molar-refractivity contribution >= 4 is 11.8 Å². The monoisotopic (exact) mass is 297 g/mol. The number of methoxy groups -OCH3 is 2. The first-order valence-electron chi connectivity index (χ1n) is 7.13. The van der Waals surface area contributed by atoms with Gasteiger partial charge in [0.15, 0.2) is 0 Å². The summed E-state index contributed by atoms with van der Waals surface area (Å²) >= 11 is 1.99. The summed E-state index contributed by atoms with van der Waals surface area (Å²) in [7, 11) is 5.40. The Hall–Kier alpha value is -0.870. The molecule has 0 aliphatic carbocycles. The molecule has 0 radical (unpaired) electrons. The lowest BCUT2D eigenvalue weighted by Gasteiger charge is -2.20. The van der Waals surface area contributed by atoms with Crippen molar-refractivity contribution in [2.75, 3.05) is 32.8 Å². The summed E-state index contributed by atoms with van der Waals surface area (Å²) in [4.78, 5) is 0. The van der Waals surface area contributed by atoms with Crippen molar-refractivity contribution in [1.29, 1.82) is 0 Å². The van der Waals surface area contributed by atoms with E-state index >= 15 is 0 Å². The third-order valence-corrected chi connectivity index (χ3v) is 4.92. The van der Waals surface area contributed by atoms with E-state index in [9.17, 15) is 0 Å². The van der Waals surface area contributed by atoms with Crippen molar-refractivity contribution in [2.45, 2.75) is 26.3 Å². The number of hydrogen-bond acceptors (Lipinski definition) is 4. The number of benzene rings is 1. The van der Waals surface area contributed by atoms with E-state index in [-0.39, 0.29) is 6.04 Å². The Morgan fingerprint density at radius 2 is 1.95 bits per heavy atom. The van der Waals surface area contributed by atoms with Crippen LogP contribution >= 0.6 is 11.8 Å². The van der Waals surface area contributed by atoms with Gasteiger partial charge in [-0.1, -0.05) is 20.3 Å². The molecule has 0 aliphatic heterocycles. The highest BCUT2D eigenvalue weighted by molar-refractivity contribution is 7.99. The minimum Gasteiger partial charge on any atom is -0.497 e. The largest absolute Gasteiger partial charge is 0.497 e. The number of rotatable bonds is 9. The first-order chi connectivity index (χ1) is 9.65. The Bertz CT molecular complexity index is 398. The molecule has 1 N–H and O–H groups in total. The summed E-state index contributed by atoms with van der Waals surface area (Å²) in [5, 5.41) is 3.38. The molecule has 20 heavy (non-hydrogen) atoms. The average Bonchev–Trinajstić information content (AvgIpc) is 2.50. The van der Waals surface area contributed by atoms with Crippen LogP contribution in [0.2, 0.25) is 0 Å². The standard InChI is InChI=1S/C16H27NO2S/c1-6-12(2)10-20-11-15(17-3)14-9-13(18-4)7-8-16(14)19-5/h7-9,12,15,17H,6,10-11H2,1-5H3. The second-order valence-corrected chi connectivity index (χ2v) is 6.07. The Morgan fingerprint density at radius 3 is 2.50 bits per heavy atom. The quantitative estimate of drug-likeness (QED) is 0.752. The Morgan fingerprint density at radius 1 is 1.20 bits per heavy atom. The lowest BCUT2D eigenvalue weighted by atomic mass is 10.1. The summed E-state index contributed by atoms with van der Waals surface area (Å²) in [5.41, 5.74) is 1.16. The van der Waals surface area contributed by atoms with E-state index < -0.39 is 0 Å². The maximum atomic E-state index is 5.47. The molecule has 0 heterocycles. The summed E-state index contributed by atoms with van der Waals surface area (Å²) in [6.45, 7) is 4.54. The zero-order valence-electron chi connectivity index (χ0n) is 13.2.